The Balaban J connectivity index is 1.81. The quantitative estimate of drug-likeness (QED) is 0.932. The lowest BCUT2D eigenvalue weighted by atomic mass is 10.1. The van der Waals surface area contributed by atoms with Crippen molar-refractivity contribution >= 4 is 17.4 Å². The summed E-state index contributed by atoms with van der Waals surface area (Å²) in [5.74, 6) is 0. The highest BCUT2D eigenvalue weighted by Gasteiger charge is 2.27. The molecule has 0 saturated carbocycles. The molecule has 5 nitrogen and oxygen atoms in total. The number of likely N-dealkylation sites (tertiary alicyclic amines) is 1. The molecule has 0 aliphatic carbocycles. The molecule has 0 unspecified atom stereocenters. The maximum atomic E-state index is 12.1. The van der Waals surface area contributed by atoms with E-state index >= 15 is 0 Å². The SMILES string of the molecule is Cc1cnc(CN[C@@H]2CCCN(C(=O)OC(C)(C)C)C2)s1. The zero-order chi connectivity index (χ0) is 15.5. The third-order valence-electron chi connectivity index (χ3n) is 3.28. The molecular formula is C15H25N3O2S. The van der Waals surface area contributed by atoms with Crippen molar-refractivity contribution in [2.24, 2.45) is 0 Å². The molecule has 118 valence electrons. The van der Waals surface area contributed by atoms with Gasteiger partial charge in [0.2, 0.25) is 0 Å². The molecular weight excluding hydrogens is 286 g/mol. The minimum absolute atomic E-state index is 0.209. The summed E-state index contributed by atoms with van der Waals surface area (Å²) in [6.07, 6.45) is 3.78. The minimum atomic E-state index is -0.435. The zero-order valence-electron chi connectivity index (χ0n) is 13.3. The summed E-state index contributed by atoms with van der Waals surface area (Å²) in [6.45, 7) is 10.0. The van der Waals surface area contributed by atoms with Gasteiger partial charge in [0.25, 0.3) is 0 Å². The Hall–Kier alpha value is -1.14. The molecule has 0 radical (unpaired) electrons. The van der Waals surface area contributed by atoms with Gasteiger partial charge in [0, 0.05) is 36.8 Å². The topological polar surface area (TPSA) is 54.5 Å². The fourth-order valence-corrected chi connectivity index (χ4v) is 3.09. The monoisotopic (exact) mass is 311 g/mol. The van der Waals surface area contributed by atoms with Gasteiger partial charge in [-0.1, -0.05) is 0 Å². The number of nitrogens with one attached hydrogen (secondary N) is 1. The number of piperidine rings is 1. The Bertz CT molecular complexity index is 482. The maximum Gasteiger partial charge on any atom is 0.410 e. The molecule has 0 aromatic carbocycles. The Labute approximate surface area is 130 Å². The van der Waals surface area contributed by atoms with Crippen LogP contribution in [0.3, 0.4) is 0 Å². The van der Waals surface area contributed by atoms with Crippen LogP contribution in [0.15, 0.2) is 6.20 Å². The van der Waals surface area contributed by atoms with Crippen LogP contribution in [0.5, 0.6) is 0 Å². The predicted molar refractivity (Wildman–Crippen MR) is 84.5 cm³/mol. The van der Waals surface area contributed by atoms with Crippen LogP contribution in [0.1, 0.15) is 43.5 Å². The van der Waals surface area contributed by atoms with Crippen LogP contribution in [0, 0.1) is 6.92 Å². The summed E-state index contributed by atoms with van der Waals surface area (Å²) < 4.78 is 5.44. The number of thiazole rings is 1. The Morgan fingerprint density at radius 1 is 1.57 bits per heavy atom. The molecule has 0 spiro atoms. The lowest BCUT2D eigenvalue weighted by Crippen LogP contribution is -2.49. The second kappa shape index (κ2) is 6.75. The normalized spacial score (nSPS) is 19.6. The fraction of sp³-hybridized carbons (Fsp3) is 0.733. The lowest BCUT2D eigenvalue weighted by Gasteiger charge is -2.34. The number of aromatic nitrogens is 1. The van der Waals surface area contributed by atoms with Crippen LogP contribution in [-0.4, -0.2) is 40.7 Å². The highest BCUT2D eigenvalue weighted by molar-refractivity contribution is 7.11. The van der Waals surface area contributed by atoms with Gasteiger partial charge in [0.15, 0.2) is 0 Å². The molecule has 2 heterocycles. The second-order valence-corrected chi connectivity index (χ2v) is 7.83. The summed E-state index contributed by atoms with van der Waals surface area (Å²) in [4.78, 5) is 19.5. The van der Waals surface area contributed by atoms with Crippen molar-refractivity contribution in [2.45, 2.75) is 58.7 Å². The second-order valence-electron chi connectivity index (χ2n) is 6.51. The van der Waals surface area contributed by atoms with Crippen LogP contribution < -0.4 is 5.32 Å². The van der Waals surface area contributed by atoms with E-state index in [0.717, 1.165) is 30.9 Å². The summed E-state index contributed by atoms with van der Waals surface area (Å²) in [5.41, 5.74) is -0.435. The standard InChI is InChI=1S/C15H25N3O2S/c1-11-8-17-13(21-11)9-16-12-6-5-7-18(10-12)14(19)20-15(2,3)4/h8,12,16H,5-7,9-10H2,1-4H3/t12-/m1/s1. The molecule has 1 saturated heterocycles. The van der Waals surface area contributed by atoms with Crippen molar-refractivity contribution < 1.29 is 9.53 Å². The van der Waals surface area contributed by atoms with E-state index in [9.17, 15) is 4.79 Å². The lowest BCUT2D eigenvalue weighted by molar-refractivity contribution is 0.0187. The molecule has 2 rings (SSSR count). The number of hydrogen-bond acceptors (Lipinski definition) is 5. The first kappa shape index (κ1) is 16.2. The molecule has 1 N–H and O–H groups in total. The van der Waals surface area contributed by atoms with E-state index in [1.165, 1.54) is 4.88 Å². The van der Waals surface area contributed by atoms with Crippen molar-refractivity contribution in [1.29, 1.82) is 0 Å². The zero-order valence-corrected chi connectivity index (χ0v) is 14.1. The number of amides is 1. The van der Waals surface area contributed by atoms with Gasteiger partial charge in [0.1, 0.15) is 10.6 Å². The average Bonchev–Trinajstić information content (AvgIpc) is 2.81. The first-order chi connectivity index (χ1) is 9.83. The summed E-state index contributed by atoms with van der Waals surface area (Å²) in [5, 5.41) is 4.60. The molecule has 1 fully saturated rings. The van der Waals surface area contributed by atoms with Gasteiger partial charge in [-0.2, -0.15) is 0 Å². The molecule has 1 aliphatic rings. The van der Waals surface area contributed by atoms with Gasteiger partial charge in [-0.15, -0.1) is 11.3 Å². The molecule has 1 aromatic rings. The molecule has 1 aliphatic heterocycles. The van der Waals surface area contributed by atoms with Crippen molar-refractivity contribution in [1.82, 2.24) is 15.2 Å². The Morgan fingerprint density at radius 3 is 2.95 bits per heavy atom. The molecule has 6 heteroatoms. The number of nitrogens with zero attached hydrogens (tertiary/aromatic N) is 2. The van der Waals surface area contributed by atoms with Crippen molar-refractivity contribution in [3.8, 4) is 0 Å². The van der Waals surface area contributed by atoms with E-state index in [-0.39, 0.29) is 6.09 Å². The molecule has 1 amide bonds. The van der Waals surface area contributed by atoms with Gasteiger partial charge in [-0.05, 0) is 40.5 Å². The van der Waals surface area contributed by atoms with Crippen molar-refractivity contribution in [3.63, 3.8) is 0 Å². The highest BCUT2D eigenvalue weighted by Crippen LogP contribution is 2.16. The number of rotatable bonds is 3. The van der Waals surface area contributed by atoms with E-state index in [4.69, 9.17) is 4.74 Å². The van der Waals surface area contributed by atoms with Gasteiger partial charge in [0.05, 0.1) is 0 Å². The number of aryl methyl sites for hydroxylation is 1. The van der Waals surface area contributed by atoms with Crippen LogP contribution in [0.25, 0.3) is 0 Å². The number of ether oxygens (including phenoxy) is 1. The van der Waals surface area contributed by atoms with Crippen LogP contribution in [0.4, 0.5) is 4.79 Å². The Morgan fingerprint density at radius 2 is 2.33 bits per heavy atom. The summed E-state index contributed by atoms with van der Waals surface area (Å²) in [7, 11) is 0. The van der Waals surface area contributed by atoms with Crippen LogP contribution in [0.2, 0.25) is 0 Å². The third-order valence-corrected chi connectivity index (χ3v) is 4.20. The molecule has 21 heavy (non-hydrogen) atoms. The summed E-state index contributed by atoms with van der Waals surface area (Å²) in [6, 6.07) is 0.315. The van der Waals surface area contributed by atoms with Crippen molar-refractivity contribution in [2.75, 3.05) is 13.1 Å². The fourth-order valence-electron chi connectivity index (χ4n) is 2.35. The molecule has 1 atom stereocenters. The number of carbonyl (C=O) groups excluding carboxylic acids is 1. The largest absolute Gasteiger partial charge is 0.444 e. The average molecular weight is 311 g/mol. The molecule has 0 bridgehead atoms. The summed E-state index contributed by atoms with van der Waals surface area (Å²) >= 11 is 1.71. The van der Waals surface area contributed by atoms with Gasteiger partial charge >= 0.3 is 6.09 Å². The third kappa shape index (κ3) is 5.28. The van der Waals surface area contributed by atoms with Gasteiger partial charge in [-0.3, -0.25) is 0 Å². The van der Waals surface area contributed by atoms with Crippen LogP contribution >= 0.6 is 11.3 Å². The minimum Gasteiger partial charge on any atom is -0.444 e. The first-order valence-corrected chi connectivity index (χ1v) is 8.28. The smallest absolute Gasteiger partial charge is 0.410 e. The van der Waals surface area contributed by atoms with Gasteiger partial charge in [-0.25, -0.2) is 9.78 Å². The van der Waals surface area contributed by atoms with E-state index in [0.29, 0.717) is 12.6 Å². The Kier molecular flexibility index (Phi) is 5.22. The van der Waals surface area contributed by atoms with E-state index in [1.54, 1.807) is 16.2 Å². The van der Waals surface area contributed by atoms with E-state index in [2.05, 4.69) is 17.2 Å². The number of carbonyl (C=O) groups is 1. The van der Waals surface area contributed by atoms with Crippen molar-refractivity contribution in [3.05, 3.63) is 16.1 Å². The highest BCUT2D eigenvalue weighted by atomic mass is 32.1. The first-order valence-electron chi connectivity index (χ1n) is 7.46. The van der Waals surface area contributed by atoms with E-state index in [1.807, 2.05) is 27.0 Å². The van der Waals surface area contributed by atoms with Crippen LogP contribution in [-0.2, 0) is 11.3 Å². The van der Waals surface area contributed by atoms with Gasteiger partial charge < -0.3 is 15.0 Å². The predicted octanol–water partition coefficient (Wildman–Crippen LogP) is 2.94. The van der Waals surface area contributed by atoms with E-state index < -0.39 is 5.60 Å². The maximum absolute atomic E-state index is 12.1. The number of hydrogen-bond donors (Lipinski definition) is 1. The molecule has 1 aromatic heterocycles.